The molecule has 0 aliphatic heterocycles. The average molecular weight is 1020 g/mol. The van der Waals surface area contributed by atoms with Crippen molar-refractivity contribution in [2.75, 3.05) is 53.7 Å². The molecule has 4 aromatic rings. The van der Waals surface area contributed by atoms with Crippen molar-refractivity contribution in [3.05, 3.63) is 119 Å². The van der Waals surface area contributed by atoms with Gasteiger partial charge in [-0.05, 0) is 69.2 Å². The van der Waals surface area contributed by atoms with E-state index in [9.17, 15) is 38.4 Å². The van der Waals surface area contributed by atoms with Crippen molar-refractivity contribution in [1.82, 2.24) is 21.3 Å². The minimum atomic E-state index is -1.97. The molecule has 390 valence electrons. The number of hydrogen-bond acceptors (Lipinski definition) is 14. The normalized spacial score (nSPS) is 21.8. The summed E-state index contributed by atoms with van der Waals surface area (Å²) in [5, 5.41) is 10.3. The second-order valence-electron chi connectivity index (χ2n) is 20.2. The molecule has 18 heteroatoms. The lowest BCUT2D eigenvalue weighted by molar-refractivity contribution is -0.170. The molecule has 4 amide bonds. The molecule has 2 fully saturated rings. The molecule has 2 unspecified atom stereocenters. The van der Waals surface area contributed by atoms with Gasteiger partial charge in [-0.1, -0.05) is 125 Å². The lowest BCUT2D eigenvalue weighted by atomic mass is 9.73. The fourth-order valence-electron chi connectivity index (χ4n) is 12.2. The number of methoxy groups -OCH3 is 2. The number of esters is 4. The van der Waals surface area contributed by atoms with Crippen LogP contribution in [0, 0.1) is 33.5 Å². The summed E-state index contributed by atoms with van der Waals surface area (Å²) in [6, 6.07) is 29.6. The van der Waals surface area contributed by atoms with Crippen LogP contribution in [0.5, 0.6) is 0 Å². The minimum absolute atomic E-state index is 0.0543. The van der Waals surface area contributed by atoms with E-state index in [1.807, 2.05) is 97.1 Å². The second kappa shape index (κ2) is 20.6. The van der Waals surface area contributed by atoms with E-state index >= 15 is 0 Å². The number of carbonyl (C=O) groups is 8. The zero-order valence-electron chi connectivity index (χ0n) is 42.7. The predicted octanol–water partition coefficient (Wildman–Crippen LogP) is 5.79. The van der Waals surface area contributed by atoms with Crippen LogP contribution in [0.25, 0.3) is 22.3 Å². The van der Waals surface area contributed by atoms with Crippen molar-refractivity contribution < 1.29 is 66.8 Å². The molecule has 2 saturated carbocycles. The van der Waals surface area contributed by atoms with Gasteiger partial charge in [0.25, 0.3) is 0 Å². The second-order valence-corrected chi connectivity index (χ2v) is 20.2. The zero-order chi connectivity index (χ0) is 53.3. The monoisotopic (exact) mass is 1010 g/mol. The predicted molar refractivity (Wildman–Crippen MR) is 267 cm³/mol. The van der Waals surface area contributed by atoms with Gasteiger partial charge in [0, 0.05) is 11.8 Å². The molecule has 6 atom stereocenters. The highest BCUT2D eigenvalue weighted by atomic mass is 16.6. The molecule has 0 aromatic heterocycles. The fourth-order valence-corrected chi connectivity index (χ4v) is 12.2. The van der Waals surface area contributed by atoms with Gasteiger partial charge in [-0.3, -0.25) is 28.8 Å². The number of alkyl carbamates (subject to hydrolysis) is 2. The Morgan fingerprint density at radius 2 is 0.770 bits per heavy atom. The van der Waals surface area contributed by atoms with Gasteiger partial charge in [0.05, 0.1) is 39.1 Å². The van der Waals surface area contributed by atoms with Crippen molar-refractivity contribution in [3.63, 3.8) is 0 Å². The molecule has 0 bridgehead atoms. The molecular weight excluding hydrogens is 953 g/mol. The molecule has 0 spiro atoms. The molecule has 74 heavy (non-hydrogen) atoms. The van der Waals surface area contributed by atoms with Crippen LogP contribution in [-0.2, 0) is 57.2 Å². The first kappa shape index (κ1) is 52.6. The number of amides is 4. The highest BCUT2D eigenvalue weighted by Gasteiger charge is 3.00. The largest absolute Gasteiger partial charge is 0.469 e. The van der Waals surface area contributed by atoms with Gasteiger partial charge in [-0.2, -0.15) is 0 Å². The molecule has 8 rings (SSSR count). The van der Waals surface area contributed by atoms with Gasteiger partial charge in [-0.15, -0.1) is 0 Å². The minimum Gasteiger partial charge on any atom is -0.469 e. The van der Waals surface area contributed by atoms with Crippen LogP contribution in [0.3, 0.4) is 0 Å². The summed E-state index contributed by atoms with van der Waals surface area (Å²) < 4.78 is 32.9. The van der Waals surface area contributed by atoms with Gasteiger partial charge in [0.15, 0.2) is 0 Å². The number of fused-ring (bicyclic) bond motifs is 6. The third-order valence-electron chi connectivity index (χ3n) is 15.7. The Kier molecular flexibility index (Phi) is 14.7. The third-order valence-corrected chi connectivity index (χ3v) is 15.7. The third kappa shape index (κ3) is 8.76. The molecular formula is C56H62N4O14. The average Bonchev–Trinajstić information content (AvgIpc) is 3.95. The van der Waals surface area contributed by atoms with Crippen LogP contribution in [0.4, 0.5) is 9.59 Å². The quantitative estimate of drug-likeness (QED) is 0.0494. The Bertz CT molecular complexity index is 2620. The topological polar surface area (TPSA) is 240 Å². The van der Waals surface area contributed by atoms with Crippen LogP contribution >= 0.6 is 0 Å². The first-order valence-electron chi connectivity index (χ1n) is 24.6. The Balaban J connectivity index is 0.813. The van der Waals surface area contributed by atoms with Crippen molar-refractivity contribution in [2.45, 2.75) is 65.5 Å². The van der Waals surface area contributed by atoms with Crippen LogP contribution < -0.4 is 21.3 Å². The highest BCUT2D eigenvalue weighted by molar-refractivity contribution is 6.05. The number of nitrogens with one attached hydrogen (secondary N) is 4. The van der Waals surface area contributed by atoms with Crippen molar-refractivity contribution in [3.8, 4) is 22.3 Å². The Morgan fingerprint density at radius 1 is 0.473 bits per heavy atom. The number of carbonyl (C=O) groups excluding carboxylic acids is 8. The standard InChI is InChI=1S/C56H62N4O14/c1-31(59-51(67)73-29-41-37-21-13-9-17-33(37)34-18-10-14-22-38(34)41)45(61)57-25-27-71-47(63)43-53(3,4)55(43,49(65)69-7)56(50(66)70-8)44(54(56,5)6)48(64)72-28-26-58-46(62)32(2)60-52(68)74-30-42-39-23-15-11-19-35(39)36-20-12-16-24-40(36)42/h9-24,31-32,41-44H,25-30H2,1-8H3,(H,57,61)(H,58,62)(H,59,67)(H,60,68)/t31-,32-,43?,44?,55+,56+/m0/s1. The summed E-state index contributed by atoms with van der Waals surface area (Å²) in [7, 11) is 2.21. The summed E-state index contributed by atoms with van der Waals surface area (Å²) in [5.74, 6) is -7.80. The van der Waals surface area contributed by atoms with E-state index in [1.54, 1.807) is 27.7 Å². The van der Waals surface area contributed by atoms with E-state index in [1.165, 1.54) is 13.8 Å². The molecule has 4 aliphatic rings. The van der Waals surface area contributed by atoms with Crippen molar-refractivity contribution in [2.24, 2.45) is 33.5 Å². The number of benzene rings is 4. The maximum absolute atomic E-state index is 14.1. The fraction of sp³-hybridized carbons (Fsp3) is 0.429. The molecule has 0 radical (unpaired) electrons. The number of rotatable bonds is 19. The Hall–Kier alpha value is -7.76. The van der Waals surface area contributed by atoms with Crippen molar-refractivity contribution >= 4 is 47.9 Å². The first-order chi connectivity index (χ1) is 35.3. The van der Waals surface area contributed by atoms with Gasteiger partial charge in [0.1, 0.15) is 49.3 Å². The number of ether oxygens (including phenoxy) is 6. The summed E-state index contributed by atoms with van der Waals surface area (Å²) >= 11 is 0. The van der Waals surface area contributed by atoms with E-state index in [2.05, 4.69) is 21.3 Å². The van der Waals surface area contributed by atoms with E-state index in [-0.39, 0.29) is 51.4 Å². The Labute approximate surface area is 428 Å². The Morgan fingerprint density at radius 3 is 1.07 bits per heavy atom. The number of hydrogen-bond donors (Lipinski definition) is 4. The lowest BCUT2D eigenvalue weighted by Crippen LogP contribution is -2.46. The molecule has 0 heterocycles. The SMILES string of the molecule is COC(=O)[C@]1([C@@]2(C(=O)OC)C(C(=O)OCCNC(=O)[C@H](C)NC(=O)OCC3c4ccccc4-c4ccccc43)C2(C)C)C(C(=O)OCCNC(=O)[C@H](C)NC(=O)OCC2c3ccccc3-c3ccccc32)C1(C)C. The summed E-state index contributed by atoms with van der Waals surface area (Å²) in [6.45, 7) is 8.34. The molecule has 4 N–H and O–H groups in total. The highest BCUT2D eigenvalue weighted by Crippen LogP contribution is 2.90. The van der Waals surface area contributed by atoms with E-state index in [0.29, 0.717) is 0 Å². The maximum atomic E-state index is 14.1. The maximum Gasteiger partial charge on any atom is 0.407 e. The molecule has 0 saturated heterocycles. The van der Waals surface area contributed by atoms with Crippen molar-refractivity contribution in [1.29, 1.82) is 0 Å². The van der Waals surface area contributed by atoms with E-state index in [0.717, 1.165) is 58.7 Å². The smallest absolute Gasteiger partial charge is 0.407 e. The summed E-state index contributed by atoms with van der Waals surface area (Å²) in [4.78, 5) is 108. The van der Waals surface area contributed by atoms with Crippen LogP contribution in [0.15, 0.2) is 97.1 Å². The van der Waals surface area contributed by atoms with Gasteiger partial charge >= 0.3 is 36.1 Å². The lowest BCUT2D eigenvalue weighted by Gasteiger charge is -2.29. The van der Waals surface area contributed by atoms with Crippen LogP contribution in [0.2, 0.25) is 0 Å². The van der Waals surface area contributed by atoms with Crippen LogP contribution in [-0.4, -0.2) is 114 Å². The van der Waals surface area contributed by atoms with E-state index < -0.39 is 93.5 Å². The molecule has 4 aliphatic carbocycles. The molecule has 18 nitrogen and oxygen atoms in total. The molecule has 4 aromatic carbocycles. The van der Waals surface area contributed by atoms with Crippen LogP contribution in [0.1, 0.15) is 75.6 Å². The summed E-state index contributed by atoms with van der Waals surface area (Å²) in [6.07, 6.45) is -1.58. The van der Waals surface area contributed by atoms with Gasteiger partial charge < -0.3 is 49.7 Å². The summed E-state index contributed by atoms with van der Waals surface area (Å²) in [5.41, 5.74) is 1.86. The zero-order valence-corrected chi connectivity index (χ0v) is 42.7. The van der Waals surface area contributed by atoms with E-state index in [4.69, 9.17) is 28.4 Å². The van der Waals surface area contributed by atoms with Gasteiger partial charge in [-0.25, -0.2) is 9.59 Å². The van der Waals surface area contributed by atoms with Gasteiger partial charge in [0.2, 0.25) is 11.8 Å². The first-order valence-corrected chi connectivity index (χ1v) is 24.6.